The zero-order valence-electron chi connectivity index (χ0n) is 37.0. The van der Waals surface area contributed by atoms with E-state index >= 15 is 0 Å². The van der Waals surface area contributed by atoms with Gasteiger partial charge in [-0.3, -0.25) is 13.8 Å². The summed E-state index contributed by atoms with van der Waals surface area (Å²) in [6, 6.07) is 0. The average Bonchev–Trinajstić information content (AvgIpc) is 3.21. The van der Waals surface area contributed by atoms with Crippen molar-refractivity contribution in [3.8, 4) is 0 Å². The smallest absolute Gasteiger partial charge is 0.457 e. The summed E-state index contributed by atoms with van der Waals surface area (Å²) < 4.78 is 33.5. The van der Waals surface area contributed by atoms with Gasteiger partial charge in [-0.15, -0.1) is 0 Å². The van der Waals surface area contributed by atoms with Gasteiger partial charge in [0.25, 0.3) is 0 Å². The normalized spacial score (nSPS) is 14.2. The number of nitrogens with two attached hydrogens (primary N) is 1. The lowest BCUT2D eigenvalue weighted by Gasteiger charge is -2.20. The fourth-order valence-electron chi connectivity index (χ4n) is 5.93. The van der Waals surface area contributed by atoms with Crippen LogP contribution in [0.5, 0.6) is 0 Å². The molecular weight excluding hydrogens is 746 g/mol. The van der Waals surface area contributed by atoms with Gasteiger partial charge in [0.1, 0.15) is 6.10 Å². The molecule has 9 heteroatoms. The molecule has 0 saturated carbocycles. The highest BCUT2D eigenvalue weighted by Crippen LogP contribution is 2.43. The van der Waals surface area contributed by atoms with Crippen LogP contribution in [-0.4, -0.2) is 49.9 Å². The Kier molecular flexibility index (Phi) is 43.9. The summed E-state index contributed by atoms with van der Waals surface area (Å²) in [5.74, 6) is -0.351. The van der Waals surface area contributed by atoms with E-state index in [9.17, 15) is 14.3 Å². The van der Waals surface area contributed by atoms with Crippen molar-refractivity contribution in [2.24, 2.45) is 5.73 Å². The molecule has 0 amide bonds. The number of carbonyl (C=O) groups is 1. The lowest BCUT2D eigenvalue weighted by molar-refractivity contribution is -0.154. The van der Waals surface area contributed by atoms with E-state index in [1.54, 1.807) is 0 Å². The SMILES string of the molecule is CC/C=C\C/C=C\C/C=C\C/C=C\CCCCCCCCC(=O)OC(COCCCCCCCCC/C=C\C/C=C\C/C=C\CCCCC)COP(=O)(O)OCCN. The first-order chi connectivity index (χ1) is 28.4. The molecule has 334 valence electrons. The van der Waals surface area contributed by atoms with Crippen LogP contribution < -0.4 is 5.73 Å². The summed E-state index contributed by atoms with van der Waals surface area (Å²) in [7, 11) is -4.29. The van der Waals surface area contributed by atoms with Crippen LogP contribution in [-0.2, 0) is 27.9 Å². The predicted molar refractivity (Wildman–Crippen MR) is 247 cm³/mol. The van der Waals surface area contributed by atoms with Gasteiger partial charge in [-0.25, -0.2) is 4.57 Å². The van der Waals surface area contributed by atoms with E-state index in [0.717, 1.165) is 96.3 Å². The van der Waals surface area contributed by atoms with Crippen LogP contribution in [0.25, 0.3) is 0 Å². The van der Waals surface area contributed by atoms with E-state index in [1.165, 1.54) is 64.2 Å². The summed E-state index contributed by atoms with van der Waals surface area (Å²) in [6.45, 7) is 4.72. The highest BCUT2D eigenvalue weighted by atomic mass is 31.2. The minimum atomic E-state index is -4.29. The lowest BCUT2D eigenvalue weighted by Crippen LogP contribution is -2.28. The molecule has 0 saturated heterocycles. The quantitative estimate of drug-likeness (QED) is 0.0270. The van der Waals surface area contributed by atoms with Gasteiger partial charge in [0.2, 0.25) is 0 Å². The summed E-state index contributed by atoms with van der Waals surface area (Å²) in [6.07, 6.45) is 58.8. The maximum Gasteiger partial charge on any atom is 0.472 e. The molecule has 58 heavy (non-hydrogen) atoms. The number of esters is 1. The highest BCUT2D eigenvalue weighted by Gasteiger charge is 2.25. The number of hydrogen-bond acceptors (Lipinski definition) is 7. The van der Waals surface area contributed by atoms with Gasteiger partial charge < -0.3 is 20.1 Å². The van der Waals surface area contributed by atoms with Crippen LogP contribution in [0.15, 0.2) is 85.1 Å². The Balaban J connectivity index is 4.07. The molecule has 0 heterocycles. The van der Waals surface area contributed by atoms with Gasteiger partial charge in [-0.05, 0) is 89.9 Å². The number of unbranched alkanes of at least 4 members (excludes halogenated alkanes) is 16. The third kappa shape index (κ3) is 44.8. The van der Waals surface area contributed by atoms with Gasteiger partial charge in [0.05, 0.1) is 19.8 Å². The summed E-state index contributed by atoms with van der Waals surface area (Å²) >= 11 is 0. The fourth-order valence-corrected chi connectivity index (χ4v) is 6.70. The lowest BCUT2D eigenvalue weighted by atomic mass is 10.1. The molecule has 0 fully saturated rings. The molecule has 8 nitrogen and oxygen atoms in total. The second-order valence-corrected chi connectivity index (χ2v) is 16.3. The van der Waals surface area contributed by atoms with Crippen LogP contribution >= 0.6 is 7.82 Å². The first-order valence-corrected chi connectivity index (χ1v) is 24.6. The van der Waals surface area contributed by atoms with E-state index < -0.39 is 13.9 Å². The third-order valence-corrected chi connectivity index (χ3v) is 10.3. The number of carbonyl (C=O) groups excluding carboxylic acids is 1. The Morgan fingerprint density at radius 3 is 1.45 bits per heavy atom. The first kappa shape index (κ1) is 55.7. The minimum Gasteiger partial charge on any atom is -0.457 e. The number of hydrogen-bond donors (Lipinski definition) is 2. The Morgan fingerprint density at radius 2 is 0.966 bits per heavy atom. The zero-order valence-corrected chi connectivity index (χ0v) is 37.9. The van der Waals surface area contributed by atoms with E-state index in [4.69, 9.17) is 24.3 Å². The van der Waals surface area contributed by atoms with E-state index in [2.05, 4.69) is 98.9 Å². The zero-order chi connectivity index (χ0) is 42.3. The molecule has 0 aromatic rings. The highest BCUT2D eigenvalue weighted by molar-refractivity contribution is 7.47. The summed E-state index contributed by atoms with van der Waals surface area (Å²) in [4.78, 5) is 22.5. The van der Waals surface area contributed by atoms with Gasteiger partial charge in [0, 0.05) is 19.6 Å². The molecule has 0 aromatic heterocycles. The molecule has 0 spiro atoms. The van der Waals surface area contributed by atoms with Gasteiger partial charge in [-0.2, -0.15) is 0 Å². The molecular formula is C49H86NO7P. The number of allylic oxidation sites excluding steroid dienone is 14. The van der Waals surface area contributed by atoms with E-state index in [1.807, 2.05) is 0 Å². The summed E-state index contributed by atoms with van der Waals surface area (Å²) in [5.41, 5.74) is 5.38. The predicted octanol–water partition coefficient (Wildman–Crippen LogP) is 14.1. The van der Waals surface area contributed by atoms with Crippen molar-refractivity contribution in [3.05, 3.63) is 85.1 Å². The van der Waals surface area contributed by atoms with Crippen LogP contribution in [0.1, 0.15) is 181 Å². The van der Waals surface area contributed by atoms with Crippen molar-refractivity contribution in [2.75, 3.05) is 33.0 Å². The molecule has 0 aromatic carbocycles. The average molecular weight is 832 g/mol. The van der Waals surface area contributed by atoms with Crippen LogP contribution in [0.3, 0.4) is 0 Å². The molecule has 0 aliphatic heterocycles. The standard InChI is InChI=1S/C49H86NO7P/c1-3-5-7-9-11-13-15-17-19-21-23-25-27-29-31-33-35-37-39-41-44-54-46-48(47-56-58(52,53)55-45-43-50)57-49(51)42-40-38-36-34-32-30-28-26-24-22-20-18-16-14-12-10-8-6-4-2/h6,8,11-14,17-20,23-26,48H,3-5,7,9-10,15-16,21-22,27-47,50H2,1-2H3,(H,52,53)/b8-6-,13-11-,14-12-,19-17-,20-18-,25-23-,26-24-. The van der Waals surface area contributed by atoms with Crippen LogP contribution in [0.2, 0.25) is 0 Å². The van der Waals surface area contributed by atoms with Gasteiger partial charge in [0.15, 0.2) is 0 Å². The summed E-state index contributed by atoms with van der Waals surface area (Å²) in [5, 5.41) is 0. The monoisotopic (exact) mass is 832 g/mol. The Morgan fingerprint density at radius 1 is 0.534 bits per heavy atom. The Bertz CT molecular complexity index is 1160. The molecule has 0 aliphatic rings. The second-order valence-electron chi connectivity index (χ2n) is 14.9. The largest absolute Gasteiger partial charge is 0.472 e. The van der Waals surface area contributed by atoms with Crippen molar-refractivity contribution in [3.63, 3.8) is 0 Å². The molecule has 2 atom stereocenters. The van der Waals surface area contributed by atoms with Gasteiger partial charge in [-0.1, -0.05) is 170 Å². The molecule has 0 aliphatic carbocycles. The van der Waals surface area contributed by atoms with E-state index in [-0.39, 0.29) is 32.3 Å². The number of rotatable bonds is 43. The van der Waals surface area contributed by atoms with Gasteiger partial charge >= 0.3 is 13.8 Å². The third-order valence-electron chi connectivity index (χ3n) is 9.30. The molecule has 2 unspecified atom stereocenters. The fraction of sp³-hybridized carbons (Fsp3) is 0.694. The van der Waals surface area contributed by atoms with Crippen LogP contribution in [0, 0.1) is 0 Å². The number of phosphoric acid groups is 1. The molecule has 0 radical (unpaired) electrons. The van der Waals surface area contributed by atoms with Crippen molar-refractivity contribution >= 4 is 13.8 Å². The second kappa shape index (κ2) is 45.8. The maximum atomic E-state index is 12.6. The molecule has 3 N–H and O–H groups in total. The maximum absolute atomic E-state index is 12.6. The minimum absolute atomic E-state index is 0.0913. The topological polar surface area (TPSA) is 117 Å². The van der Waals surface area contributed by atoms with Crippen molar-refractivity contribution < 1.29 is 32.8 Å². The van der Waals surface area contributed by atoms with E-state index in [0.29, 0.717) is 13.0 Å². The first-order valence-electron chi connectivity index (χ1n) is 23.1. The molecule has 0 rings (SSSR count). The van der Waals surface area contributed by atoms with Crippen molar-refractivity contribution in [1.29, 1.82) is 0 Å². The molecule has 0 bridgehead atoms. The Hall–Kier alpha value is -2.32. The van der Waals surface area contributed by atoms with Crippen LogP contribution in [0.4, 0.5) is 0 Å². The van der Waals surface area contributed by atoms with Crippen molar-refractivity contribution in [2.45, 2.75) is 187 Å². The van der Waals surface area contributed by atoms with Crippen molar-refractivity contribution in [1.82, 2.24) is 0 Å². The Labute approximate surface area is 356 Å². The number of ether oxygens (including phenoxy) is 2. The number of phosphoric ester groups is 1.